The summed E-state index contributed by atoms with van der Waals surface area (Å²) in [5.41, 5.74) is 0.216. The van der Waals surface area contributed by atoms with Crippen molar-refractivity contribution >= 4 is 21.9 Å². The molecular weight excluding hydrogens is 310 g/mol. The van der Waals surface area contributed by atoms with Gasteiger partial charge in [-0.3, -0.25) is 4.79 Å². The van der Waals surface area contributed by atoms with Gasteiger partial charge in [0.15, 0.2) is 0 Å². The van der Waals surface area contributed by atoms with Crippen LogP contribution in [0, 0.1) is 0 Å². The number of hydrogen-bond acceptors (Lipinski definition) is 6. The average molecular weight is 327 g/mol. The van der Waals surface area contributed by atoms with Gasteiger partial charge in [0.25, 0.3) is 15.9 Å². The molecule has 1 aliphatic heterocycles. The summed E-state index contributed by atoms with van der Waals surface area (Å²) in [5.74, 6) is -1.17. The lowest BCUT2D eigenvalue weighted by Crippen LogP contribution is -2.30. The second-order valence-electron chi connectivity index (χ2n) is 5.01. The molecule has 0 fully saturated rings. The molecule has 1 aliphatic rings. The molecular formula is C14H17NO6S. The summed E-state index contributed by atoms with van der Waals surface area (Å²) in [6.07, 6.45) is 2.54. The summed E-state index contributed by atoms with van der Waals surface area (Å²) in [7, 11) is -3.73. The molecule has 0 spiro atoms. The van der Waals surface area contributed by atoms with Crippen LogP contribution >= 0.6 is 0 Å². The zero-order valence-electron chi connectivity index (χ0n) is 11.9. The first-order valence-corrected chi connectivity index (χ1v) is 8.43. The van der Waals surface area contributed by atoms with Crippen molar-refractivity contribution in [2.24, 2.45) is 0 Å². The Kier molecular flexibility index (Phi) is 5.15. The third-order valence-corrected chi connectivity index (χ3v) is 5.35. The van der Waals surface area contributed by atoms with E-state index in [0.29, 0.717) is 25.7 Å². The van der Waals surface area contributed by atoms with E-state index in [-0.39, 0.29) is 23.4 Å². The van der Waals surface area contributed by atoms with Crippen LogP contribution in [0.3, 0.4) is 0 Å². The van der Waals surface area contributed by atoms with E-state index in [2.05, 4.69) is 4.89 Å². The molecule has 0 radical (unpaired) electrons. The molecule has 22 heavy (non-hydrogen) atoms. The van der Waals surface area contributed by atoms with E-state index in [1.165, 1.54) is 12.1 Å². The van der Waals surface area contributed by atoms with Gasteiger partial charge in [-0.15, -0.1) is 0 Å². The van der Waals surface area contributed by atoms with Gasteiger partial charge >= 0.3 is 5.97 Å². The van der Waals surface area contributed by atoms with Gasteiger partial charge in [-0.25, -0.2) is 17.5 Å². The highest BCUT2D eigenvalue weighted by molar-refractivity contribution is 7.90. The molecule has 1 amide bonds. The maximum absolute atomic E-state index is 12.3. The molecule has 1 heterocycles. The number of carbonyl (C=O) groups is 2. The van der Waals surface area contributed by atoms with E-state index in [0.717, 1.165) is 4.31 Å². The molecule has 0 saturated carbocycles. The van der Waals surface area contributed by atoms with Crippen molar-refractivity contribution in [3.05, 3.63) is 29.8 Å². The fraction of sp³-hybridized carbons (Fsp3) is 0.429. The Morgan fingerprint density at radius 1 is 1.14 bits per heavy atom. The van der Waals surface area contributed by atoms with Gasteiger partial charge in [0, 0.05) is 13.0 Å². The molecule has 1 aromatic rings. The Balaban J connectivity index is 1.85. The molecule has 0 unspecified atom stereocenters. The second kappa shape index (κ2) is 6.89. The Morgan fingerprint density at radius 2 is 1.82 bits per heavy atom. The predicted octanol–water partition coefficient (Wildman–Crippen LogP) is 1.80. The first kappa shape index (κ1) is 16.4. The van der Waals surface area contributed by atoms with Crippen molar-refractivity contribution < 1.29 is 28.2 Å². The smallest absolute Gasteiger partial charge is 0.301 e. The lowest BCUT2D eigenvalue weighted by molar-refractivity contribution is -0.234. The van der Waals surface area contributed by atoms with Crippen LogP contribution in [0.1, 0.15) is 42.5 Å². The number of carbonyl (C=O) groups excluding carboxylic acids is 2. The highest BCUT2D eigenvalue weighted by Crippen LogP contribution is 2.30. The number of amides is 1. The number of nitrogens with zero attached hydrogens (tertiary/aromatic N) is 1. The molecule has 2 rings (SSSR count). The fourth-order valence-corrected chi connectivity index (χ4v) is 3.98. The van der Waals surface area contributed by atoms with Gasteiger partial charge in [0.1, 0.15) is 4.90 Å². The van der Waals surface area contributed by atoms with E-state index in [1.807, 2.05) is 0 Å². The highest BCUT2D eigenvalue weighted by Gasteiger charge is 2.40. The van der Waals surface area contributed by atoms with E-state index >= 15 is 0 Å². The second-order valence-corrected chi connectivity index (χ2v) is 6.84. The molecule has 0 bridgehead atoms. The van der Waals surface area contributed by atoms with Crippen LogP contribution in [0.25, 0.3) is 0 Å². The fourth-order valence-electron chi connectivity index (χ4n) is 2.38. The van der Waals surface area contributed by atoms with Crippen molar-refractivity contribution in [1.82, 2.24) is 4.31 Å². The number of rotatable bonds is 7. The van der Waals surface area contributed by atoms with Crippen LogP contribution in [0.5, 0.6) is 0 Å². The largest absolute Gasteiger partial charge is 0.342 e. The van der Waals surface area contributed by atoms with Crippen molar-refractivity contribution in [3.63, 3.8) is 0 Å². The SMILES string of the molecule is O=C(CCCCCCN1C(=O)c2ccccc2S1(=O)=O)OO. The molecule has 0 saturated heterocycles. The standard InChI is InChI=1S/C14H17NO6S/c16-13(21-18)9-3-1-2-6-10-15-14(17)11-7-4-5-8-12(11)22(15,19)20/h4-5,7-8,18H,1-3,6,9-10H2. The number of sulfonamides is 1. The third kappa shape index (κ3) is 3.28. The molecule has 0 aromatic heterocycles. The number of fused-ring (bicyclic) bond motifs is 1. The van der Waals surface area contributed by atoms with Crippen LogP contribution in [0.2, 0.25) is 0 Å². The summed E-state index contributed by atoms with van der Waals surface area (Å²) in [5, 5.41) is 8.09. The Hall–Kier alpha value is -1.93. The predicted molar refractivity (Wildman–Crippen MR) is 76.5 cm³/mol. The average Bonchev–Trinajstić information content (AvgIpc) is 2.71. The minimum Gasteiger partial charge on any atom is -0.301 e. The van der Waals surface area contributed by atoms with Crippen molar-refractivity contribution in [3.8, 4) is 0 Å². The van der Waals surface area contributed by atoms with E-state index < -0.39 is 21.9 Å². The van der Waals surface area contributed by atoms with Gasteiger partial charge in [-0.2, -0.15) is 5.26 Å². The Morgan fingerprint density at radius 3 is 2.50 bits per heavy atom. The maximum atomic E-state index is 12.3. The summed E-state index contributed by atoms with van der Waals surface area (Å²) in [4.78, 5) is 26.4. The zero-order valence-corrected chi connectivity index (χ0v) is 12.7. The van der Waals surface area contributed by atoms with E-state index in [9.17, 15) is 18.0 Å². The first-order chi connectivity index (χ1) is 10.5. The molecule has 120 valence electrons. The van der Waals surface area contributed by atoms with E-state index in [4.69, 9.17) is 5.26 Å². The van der Waals surface area contributed by atoms with Crippen LogP contribution in [-0.2, 0) is 19.7 Å². The van der Waals surface area contributed by atoms with Crippen LogP contribution in [0.15, 0.2) is 29.2 Å². The lowest BCUT2D eigenvalue weighted by atomic mass is 10.1. The van der Waals surface area contributed by atoms with E-state index in [1.54, 1.807) is 12.1 Å². The maximum Gasteiger partial charge on any atom is 0.342 e. The van der Waals surface area contributed by atoms with Gasteiger partial charge in [0.2, 0.25) is 0 Å². The van der Waals surface area contributed by atoms with Crippen molar-refractivity contribution in [2.75, 3.05) is 6.54 Å². The number of hydrogen-bond donors (Lipinski definition) is 1. The first-order valence-electron chi connectivity index (χ1n) is 6.99. The zero-order chi connectivity index (χ0) is 16.2. The molecule has 7 nitrogen and oxygen atoms in total. The van der Waals surface area contributed by atoms with Crippen LogP contribution in [0.4, 0.5) is 0 Å². The molecule has 1 aromatic carbocycles. The highest BCUT2D eigenvalue weighted by atomic mass is 32.2. The Bertz CT molecular complexity index is 670. The monoisotopic (exact) mass is 327 g/mol. The number of unbranched alkanes of at least 4 members (excludes halogenated alkanes) is 3. The van der Waals surface area contributed by atoms with Gasteiger partial charge in [0.05, 0.1) is 5.56 Å². The molecule has 0 atom stereocenters. The Labute approximate surface area is 128 Å². The summed E-state index contributed by atoms with van der Waals surface area (Å²) < 4.78 is 25.4. The normalized spacial score (nSPS) is 15.7. The number of benzene rings is 1. The minimum absolute atomic E-state index is 0.0608. The third-order valence-electron chi connectivity index (χ3n) is 3.51. The quantitative estimate of drug-likeness (QED) is 0.465. The van der Waals surface area contributed by atoms with Crippen molar-refractivity contribution in [2.45, 2.75) is 37.0 Å². The minimum atomic E-state index is -3.73. The van der Waals surface area contributed by atoms with Gasteiger partial charge in [-0.05, 0) is 25.0 Å². The van der Waals surface area contributed by atoms with Crippen molar-refractivity contribution in [1.29, 1.82) is 0 Å². The van der Waals surface area contributed by atoms with Crippen LogP contribution in [-0.4, -0.2) is 36.4 Å². The summed E-state index contributed by atoms with van der Waals surface area (Å²) >= 11 is 0. The summed E-state index contributed by atoms with van der Waals surface area (Å²) in [6, 6.07) is 6.17. The van der Waals surface area contributed by atoms with Gasteiger partial charge < -0.3 is 4.89 Å². The van der Waals surface area contributed by atoms with Crippen LogP contribution < -0.4 is 0 Å². The topological polar surface area (TPSA) is 101 Å². The summed E-state index contributed by atoms with van der Waals surface area (Å²) in [6.45, 7) is 0.125. The molecule has 8 heteroatoms. The molecule has 1 N–H and O–H groups in total. The lowest BCUT2D eigenvalue weighted by Gasteiger charge is -2.14. The van der Waals surface area contributed by atoms with Gasteiger partial charge in [-0.1, -0.05) is 25.0 Å². The molecule has 0 aliphatic carbocycles.